The monoisotopic (exact) mass is 341 g/mol. The average Bonchev–Trinajstić information content (AvgIpc) is 2.99. The lowest BCUT2D eigenvalue weighted by atomic mass is 9.96. The predicted octanol–water partition coefficient (Wildman–Crippen LogP) is 2.14. The van der Waals surface area contributed by atoms with Crippen LogP contribution in [0.5, 0.6) is 5.75 Å². The smallest absolute Gasteiger partial charge is 0.178 e. The van der Waals surface area contributed by atoms with Crippen LogP contribution in [0, 0.1) is 0 Å². The zero-order chi connectivity index (χ0) is 18.0. The summed E-state index contributed by atoms with van der Waals surface area (Å²) in [6.45, 7) is 6.15. The highest BCUT2D eigenvalue weighted by Crippen LogP contribution is 2.21. The summed E-state index contributed by atoms with van der Waals surface area (Å²) in [7, 11) is 0. The molecular formula is C18H23N5O2. The van der Waals surface area contributed by atoms with E-state index in [1.807, 2.05) is 24.3 Å². The largest absolute Gasteiger partial charge is 0.508 e. The van der Waals surface area contributed by atoms with Gasteiger partial charge in [-0.2, -0.15) is 4.52 Å². The third-order valence-corrected chi connectivity index (χ3v) is 3.92. The van der Waals surface area contributed by atoms with Gasteiger partial charge in [0.15, 0.2) is 11.5 Å². The van der Waals surface area contributed by atoms with Crippen molar-refractivity contribution in [2.24, 2.45) is 0 Å². The summed E-state index contributed by atoms with van der Waals surface area (Å²) in [6.07, 6.45) is 0.616. The first-order valence-electron chi connectivity index (χ1n) is 8.25. The van der Waals surface area contributed by atoms with Gasteiger partial charge in [0.2, 0.25) is 0 Å². The van der Waals surface area contributed by atoms with Gasteiger partial charge >= 0.3 is 0 Å². The minimum atomic E-state index is -0.191. The van der Waals surface area contributed by atoms with Crippen molar-refractivity contribution in [3.05, 3.63) is 47.8 Å². The molecule has 132 valence electrons. The number of aliphatic hydroxyl groups excluding tert-OH is 1. The van der Waals surface area contributed by atoms with E-state index in [-0.39, 0.29) is 23.8 Å². The molecule has 0 aliphatic carbocycles. The van der Waals surface area contributed by atoms with Crippen LogP contribution in [0.25, 0.3) is 5.65 Å². The van der Waals surface area contributed by atoms with E-state index in [1.165, 1.54) is 0 Å². The maximum absolute atomic E-state index is 9.69. The van der Waals surface area contributed by atoms with Crippen LogP contribution in [-0.2, 0) is 11.8 Å². The molecule has 0 radical (unpaired) electrons. The first-order valence-corrected chi connectivity index (χ1v) is 8.25. The maximum Gasteiger partial charge on any atom is 0.178 e. The lowest BCUT2D eigenvalue weighted by Crippen LogP contribution is -2.27. The lowest BCUT2D eigenvalue weighted by molar-refractivity contribution is 0.273. The summed E-state index contributed by atoms with van der Waals surface area (Å²) < 4.78 is 1.73. The fourth-order valence-corrected chi connectivity index (χ4v) is 2.62. The van der Waals surface area contributed by atoms with Gasteiger partial charge < -0.3 is 15.5 Å². The van der Waals surface area contributed by atoms with E-state index in [1.54, 1.807) is 16.6 Å². The van der Waals surface area contributed by atoms with Gasteiger partial charge in [-0.1, -0.05) is 32.9 Å². The fraction of sp³-hybridized carbons (Fsp3) is 0.389. The van der Waals surface area contributed by atoms with Crippen molar-refractivity contribution in [1.82, 2.24) is 19.8 Å². The van der Waals surface area contributed by atoms with E-state index in [0.29, 0.717) is 17.9 Å². The van der Waals surface area contributed by atoms with Gasteiger partial charge in [-0.05, 0) is 36.2 Å². The molecule has 0 saturated heterocycles. The molecule has 1 aromatic carbocycles. The summed E-state index contributed by atoms with van der Waals surface area (Å²) in [5.41, 5.74) is 1.53. The van der Waals surface area contributed by atoms with Gasteiger partial charge in [0, 0.05) is 5.41 Å². The topological polar surface area (TPSA) is 95.6 Å². The Morgan fingerprint density at radius 2 is 1.80 bits per heavy atom. The van der Waals surface area contributed by atoms with E-state index in [4.69, 9.17) is 0 Å². The molecule has 3 aromatic rings. The molecule has 0 bridgehead atoms. The molecule has 2 heterocycles. The van der Waals surface area contributed by atoms with Crippen molar-refractivity contribution < 1.29 is 10.2 Å². The van der Waals surface area contributed by atoms with Crippen molar-refractivity contribution in [2.45, 2.75) is 38.6 Å². The Morgan fingerprint density at radius 3 is 2.44 bits per heavy atom. The highest BCUT2D eigenvalue weighted by molar-refractivity contribution is 5.45. The number of nitrogens with zero attached hydrogens (tertiary/aromatic N) is 4. The van der Waals surface area contributed by atoms with Crippen LogP contribution >= 0.6 is 0 Å². The van der Waals surface area contributed by atoms with Crippen molar-refractivity contribution in [3.8, 4) is 5.75 Å². The first kappa shape index (κ1) is 17.2. The van der Waals surface area contributed by atoms with Crippen molar-refractivity contribution in [3.63, 3.8) is 0 Å². The summed E-state index contributed by atoms with van der Waals surface area (Å²) in [6, 6.07) is 10.5. The molecule has 3 N–H and O–H groups in total. The summed E-state index contributed by atoms with van der Waals surface area (Å²) >= 11 is 0. The van der Waals surface area contributed by atoms with E-state index >= 15 is 0 Å². The van der Waals surface area contributed by atoms with Crippen LogP contribution in [0.15, 0.2) is 36.4 Å². The lowest BCUT2D eigenvalue weighted by Gasteiger charge is -2.18. The Morgan fingerprint density at radius 1 is 1.08 bits per heavy atom. The summed E-state index contributed by atoms with van der Waals surface area (Å²) in [5.74, 6) is 1.66. The van der Waals surface area contributed by atoms with Crippen LogP contribution in [0.3, 0.4) is 0 Å². The molecular weight excluding hydrogens is 318 g/mol. The Balaban J connectivity index is 1.81. The van der Waals surface area contributed by atoms with Gasteiger partial charge in [-0.25, -0.2) is 0 Å². The number of phenolic OH excluding ortho intramolecular Hbond substituents is 1. The van der Waals surface area contributed by atoms with E-state index < -0.39 is 0 Å². The van der Waals surface area contributed by atoms with E-state index in [0.717, 1.165) is 11.4 Å². The van der Waals surface area contributed by atoms with E-state index in [2.05, 4.69) is 41.4 Å². The summed E-state index contributed by atoms with van der Waals surface area (Å²) in [5, 5.41) is 35.3. The first-order chi connectivity index (χ1) is 11.9. The number of fused-ring (bicyclic) bond motifs is 1. The van der Waals surface area contributed by atoms with Gasteiger partial charge in [0.25, 0.3) is 0 Å². The number of nitrogens with one attached hydrogen (secondary N) is 1. The predicted molar refractivity (Wildman–Crippen MR) is 95.8 cm³/mol. The van der Waals surface area contributed by atoms with Crippen LogP contribution in [-0.4, -0.2) is 42.7 Å². The Hall–Kier alpha value is -2.67. The minimum absolute atomic E-state index is 0.0328. The Bertz CT molecular complexity index is 852. The average molecular weight is 341 g/mol. The Labute approximate surface area is 146 Å². The number of hydrogen-bond donors (Lipinski definition) is 3. The molecule has 0 aliphatic rings. The molecule has 0 spiro atoms. The molecule has 2 aromatic heterocycles. The number of aromatic nitrogens is 4. The Kier molecular flexibility index (Phi) is 4.59. The van der Waals surface area contributed by atoms with Gasteiger partial charge in [-0.15, -0.1) is 15.3 Å². The molecule has 0 fully saturated rings. The normalized spacial score (nSPS) is 13.1. The van der Waals surface area contributed by atoms with Crippen molar-refractivity contribution >= 4 is 11.5 Å². The second-order valence-corrected chi connectivity index (χ2v) is 7.16. The number of aliphatic hydroxyl groups is 1. The molecule has 7 heteroatoms. The third-order valence-electron chi connectivity index (χ3n) is 3.92. The number of rotatable bonds is 5. The summed E-state index contributed by atoms with van der Waals surface area (Å²) in [4.78, 5) is 0. The minimum Gasteiger partial charge on any atom is -0.508 e. The van der Waals surface area contributed by atoms with Gasteiger partial charge in [-0.3, -0.25) is 0 Å². The van der Waals surface area contributed by atoms with Gasteiger partial charge in [0.1, 0.15) is 11.6 Å². The fourth-order valence-electron chi connectivity index (χ4n) is 2.62. The van der Waals surface area contributed by atoms with Crippen LogP contribution in [0.2, 0.25) is 0 Å². The molecule has 3 rings (SSSR count). The second-order valence-electron chi connectivity index (χ2n) is 7.16. The molecule has 0 unspecified atom stereocenters. The molecule has 7 nitrogen and oxygen atoms in total. The molecule has 0 aliphatic heterocycles. The SMILES string of the molecule is CC(C)(C)c1nnc2ccc(N[C@H](CO)Cc3ccc(O)cc3)nn12. The standard InChI is InChI=1S/C18H23N5O2/c1-18(2,3)17-21-20-16-9-8-15(22-23(16)17)19-13(11-24)10-12-4-6-14(25)7-5-12/h4-9,13,24-25H,10-11H2,1-3H3,(H,19,22)/t13-/m0/s1. The number of aromatic hydroxyl groups is 1. The maximum atomic E-state index is 9.69. The zero-order valence-electron chi connectivity index (χ0n) is 14.6. The van der Waals surface area contributed by atoms with Crippen LogP contribution in [0.1, 0.15) is 32.2 Å². The number of phenols is 1. The van der Waals surface area contributed by atoms with Crippen LogP contribution in [0.4, 0.5) is 5.82 Å². The molecule has 0 saturated carbocycles. The molecule has 25 heavy (non-hydrogen) atoms. The van der Waals surface area contributed by atoms with Gasteiger partial charge in [0.05, 0.1) is 12.6 Å². The number of benzene rings is 1. The molecule has 0 amide bonds. The molecule has 1 atom stereocenters. The zero-order valence-corrected chi connectivity index (χ0v) is 14.6. The number of hydrogen-bond acceptors (Lipinski definition) is 6. The van der Waals surface area contributed by atoms with E-state index in [9.17, 15) is 10.2 Å². The van der Waals surface area contributed by atoms with Crippen molar-refractivity contribution in [2.75, 3.05) is 11.9 Å². The third kappa shape index (κ3) is 3.88. The highest BCUT2D eigenvalue weighted by Gasteiger charge is 2.22. The van der Waals surface area contributed by atoms with Crippen LogP contribution < -0.4 is 5.32 Å². The quantitative estimate of drug-likeness (QED) is 0.658. The second kappa shape index (κ2) is 6.68. The number of anilines is 1. The van der Waals surface area contributed by atoms with Crippen molar-refractivity contribution in [1.29, 1.82) is 0 Å². The highest BCUT2D eigenvalue weighted by atomic mass is 16.3.